The topological polar surface area (TPSA) is 87.5 Å². The summed E-state index contributed by atoms with van der Waals surface area (Å²) in [6.07, 6.45) is 1.67. The predicted molar refractivity (Wildman–Crippen MR) is 106 cm³/mol. The van der Waals surface area contributed by atoms with Crippen LogP contribution in [0.15, 0.2) is 18.2 Å². The van der Waals surface area contributed by atoms with Crippen LogP contribution in [0.1, 0.15) is 26.7 Å². The van der Waals surface area contributed by atoms with Crippen LogP contribution >= 0.6 is 23.8 Å². The Morgan fingerprint density at radius 3 is 2.88 bits per heavy atom. The zero-order valence-electron chi connectivity index (χ0n) is 14.8. The molecule has 2 N–H and O–H groups in total. The summed E-state index contributed by atoms with van der Waals surface area (Å²) in [7, 11) is 0. The molecule has 1 aromatic carbocycles. The number of benzene rings is 1. The normalized spacial score (nSPS) is 17.1. The van der Waals surface area contributed by atoms with Crippen molar-refractivity contribution in [2.45, 2.75) is 26.7 Å². The van der Waals surface area contributed by atoms with Crippen LogP contribution < -0.4 is 10.6 Å². The number of nitro groups is 1. The van der Waals surface area contributed by atoms with E-state index in [0.717, 1.165) is 19.4 Å². The lowest BCUT2D eigenvalue weighted by molar-refractivity contribution is -0.384. The molecule has 0 radical (unpaired) electrons. The Labute approximate surface area is 163 Å². The SMILES string of the molecule is CC(C)CNC(=O)C1CCCN(C(=S)Nc2cc([N+](=O)[O-])ccc2Cl)C1. The zero-order valence-corrected chi connectivity index (χ0v) is 16.4. The number of halogens is 1. The molecule has 1 amide bonds. The van der Waals surface area contributed by atoms with Gasteiger partial charge in [-0.15, -0.1) is 0 Å². The van der Waals surface area contributed by atoms with Gasteiger partial charge in [0, 0.05) is 31.8 Å². The third-order valence-electron chi connectivity index (χ3n) is 4.17. The molecular formula is C17H23ClN4O3S. The summed E-state index contributed by atoms with van der Waals surface area (Å²) in [6.45, 7) is 6.00. The number of piperidine rings is 1. The Morgan fingerprint density at radius 1 is 1.50 bits per heavy atom. The molecule has 9 heteroatoms. The number of rotatable bonds is 5. The van der Waals surface area contributed by atoms with Gasteiger partial charge in [-0.05, 0) is 37.0 Å². The third-order valence-corrected chi connectivity index (χ3v) is 4.86. The molecule has 2 rings (SSSR count). The molecule has 0 aliphatic carbocycles. The second kappa shape index (κ2) is 9.14. The molecule has 1 unspecified atom stereocenters. The fraction of sp³-hybridized carbons (Fsp3) is 0.529. The summed E-state index contributed by atoms with van der Waals surface area (Å²) < 4.78 is 0. The van der Waals surface area contributed by atoms with Crippen LogP contribution in [0, 0.1) is 22.0 Å². The Morgan fingerprint density at radius 2 is 2.23 bits per heavy atom. The molecule has 142 valence electrons. The van der Waals surface area contributed by atoms with E-state index >= 15 is 0 Å². The van der Waals surface area contributed by atoms with E-state index in [1.54, 1.807) is 0 Å². The highest BCUT2D eigenvalue weighted by molar-refractivity contribution is 7.80. The van der Waals surface area contributed by atoms with E-state index in [0.29, 0.717) is 34.8 Å². The summed E-state index contributed by atoms with van der Waals surface area (Å²) in [5.74, 6) is 0.319. The van der Waals surface area contributed by atoms with Gasteiger partial charge < -0.3 is 15.5 Å². The molecule has 0 spiro atoms. The van der Waals surface area contributed by atoms with Crippen molar-refractivity contribution in [1.82, 2.24) is 10.2 Å². The van der Waals surface area contributed by atoms with Crippen LogP contribution in [-0.2, 0) is 4.79 Å². The molecule has 1 aliphatic heterocycles. The minimum atomic E-state index is -0.486. The van der Waals surface area contributed by atoms with Crippen molar-refractivity contribution in [2.75, 3.05) is 25.0 Å². The fourth-order valence-corrected chi connectivity index (χ4v) is 3.18. The van der Waals surface area contributed by atoms with Gasteiger partial charge in [0.25, 0.3) is 5.69 Å². The molecule has 0 saturated carbocycles. The molecule has 7 nitrogen and oxygen atoms in total. The van der Waals surface area contributed by atoms with E-state index in [2.05, 4.69) is 24.5 Å². The lowest BCUT2D eigenvalue weighted by Gasteiger charge is -2.34. The van der Waals surface area contributed by atoms with Crippen molar-refractivity contribution in [1.29, 1.82) is 0 Å². The molecule has 1 atom stereocenters. The van der Waals surface area contributed by atoms with Gasteiger partial charge in [-0.25, -0.2) is 0 Å². The van der Waals surface area contributed by atoms with Gasteiger partial charge >= 0.3 is 0 Å². The van der Waals surface area contributed by atoms with Crippen molar-refractivity contribution < 1.29 is 9.72 Å². The van der Waals surface area contributed by atoms with Crippen LogP contribution in [0.2, 0.25) is 5.02 Å². The minimum Gasteiger partial charge on any atom is -0.356 e. The average Bonchev–Trinajstić information content (AvgIpc) is 2.61. The number of anilines is 1. The highest BCUT2D eigenvalue weighted by atomic mass is 35.5. The quantitative estimate of drug-likeness (QED) is 0.449. The third kappa shape index (κ3) is 5.54. The number of carbonyl (C=O) groups is 1. The van der Waals surface area contributed by atoms with Crippen LogP contribution in [0.25, 0.3) is 0 Å². The first-order valence-electron chi connectivity index (χ1n) is 8.55. The van der Waals surface area contributed by atoms with E-state index in [4.69, 9.17) is 23.8 Å². The van der Waals surface area contributed by atoms with Crippen LogP contribution in [0.3, 0.4) is 0 Å². The van der Waals surface area contributed by atoms with E-state index in [9.17, 15) is 14.9 Å². The highest BCUT2D eigenvalue weighted by Crippen LogP contribution is 2.27. The first-order chi connectivity index (χ1) is 12.3. The van der Waals surface area contributed by atoms with Crippen molar-refractivity contribution in [3.8, 4) is 0 Å². The van der Waals surface area contributed by atoms with Crippen molar-refractivity contribution in [3.63, 3.8) is 0 Å². The lowest BCUT2D eigenvalue weighted by atomic mass is 9.97. The van der Waals surface area contributed by atoms with Crippen molar-refractivity contribution >= 4 is 46.2 Å². The number of likely N-dealkylation sites (tertiary alicyclic amines) is 1. The van der Waals surface area contributed by atoms with Crippen LogP contribution in [0.5, 0.6) is 0 Å². The number of non-ortho nitro benzene ring substituents is 1. The summed E-state index contributed by atoms with van der Waals surface area (Å²) in [5, 5.41) is 17.6. The number of amides is 1. The van der Waals surface area contributed by atoms with Gasteiger partial charge in [0.15, 0.2) is 5.11 Å². The Kier molecular flexibility index (Phi) is 7.16. The number of nitrogens with one attached hydrogen (secondary N) is 2. The van der Waals surface area contributed by atoms with Crippen LogP contribution in [-0.4, -0.2) is 40.5 Å². The largest absolute Gasteiger partial charge is 0.356 e. The molecule has 0 aromatic heterocycles. The number of carbonyl (C=O) groups excluding carboxylic acids is 1. The Balaban J connectivity index is 2.00. The zero-order chi connectivity index (χ0) is 19.3. The van der Waals surface area contributed by atoms with Crippen molar-refractivity contribution in [2.24, 2.45) is 11.8 Å². The molecular weight excluding hydrogens is 376 g/mol. The number of hydrogen-bond acceptors (Lipinski definition) is 4. The first kappa shape index (κ1) is 20.4. The van der Waals surface area contributed by atoms with Gasteiger partial charge in [0.2, 0.25) is 5.91 Å². The molecule has 1 saturated heterocycles. The van der Waals surface area contributed by atoms with Gasteiger partial charge in [-0.1, -0.05) is 25.4 Å². The van der Waals surface area contributed by atoms with Gasteiger partial charge in [0.1, 0.15) is 0 Å². The van der Waals surface area contributed by atoms with Gasteiger partial charge in [-0.2, -0.15) is 0 Å². The molecule has 0 bridgehead atoms. The number of nitrogens with zero attached hydrogens (tertiary/aromatic N) is 2. The van der Waals surface area contributed by atoms with Gasteiger partial charge in [-0.3, -0.25) is 14.9 Å². The number of nitro benzene ring substituents is 1. The predicted octanol–water partition coefficient (Wildman–Crippen LogP) is 3.43. The second-order valence-electron chi connectivity index (χ2n) is 6.78. The molecule has 1 heterocycles. The van der Waals surface area contributed by atoms with Crippen molar-refractivity contribution in [3.05, 3.63) is 33.3 Å². The smallest absolute Gasteiger partial charge is 0.271 e. The second-order valence-corrected chi connectivity index (χ2v) is 7.57. The molecule has 1 fully saturated rings. The standard InChI is InChI=1S/C17H23ClN4O3S/c1-11(2)9-19-16(23)12-4-3-7-21(10-12)17(26)20-15-8-13(22(24)25)5-6-14(15)18/h5-6,8,11-12H,3-4,7,9-10H2,1-2H3,(H,19,23)(H,20,26). The summed E-state index contributed by atoms with van der Waals surface area (Å²) in [6, 6.07) is 4.15. The maximum Gasteiger partial charge on any atom is 0.271 e. The lowest BCUT2D eigenvalue weighted by Crippen LogP contribution is -2.47. The maximum absolute atomic E-state index is 12.3. The van der Waals surface area contributed by atoms with Crippen LogP contribution in [0.4, 0.5) is 11.4 Å². The first-order valence-corrected chi connectivity index (χ1v) is 9.34. The molecule has 1 aromatic rings. The Hall–Kier alpha value is -1.93. The maximum atomic E-state index is 12.3. The summed E-state index contributed by atoms with van der Waals surface area (Å²) in [4.78, 5) is 24.7. The minimum absolute atomic E-state index is 0.0413. The monoisotopic (exact) mass is 398 g/mol. The van der Waals surface area contributed by atoms with E-state index in [-0.39, 0.29) is 17.5 Å². The molecule has 1 aliphatic rings. The summed E-state index contributed by atoms with van der Waals surface area (Å²) >= 11 is 11.5. The molecule has 26 heavy (non-hydrogen) atoms. The van der Waals surface area contributed by atoms with E-state index < -0.39 is 4.92 Å². The summed E-state index contributed by atoms with van der Waals surface area (Å²) in [5.41, 5.74) is 0.321. The fourth-order valence-electron chi connectivity index (χ4n) is 2.74. The van der Waals surface area contributed by atoms with E-state index in [1.165, 1.54) is 18.2 Å². The average molecular weight is 399 g/mol. The van der Waals surface area contributed by atoms with E-state index in [1.807, 2.05) is 4.90 Å². The highest BCUT2D eigenvalue weighted by Gasteiger charge is 2.27. The van der Waals surface area contributed by atoms with Gasteiger partial charge in [0.05, 0.1) is 21.6 Å². The number of thiocarbonyl (C=S) groups is 1. The number of hydrogen-bond donors (Lipinski definition) is 2. The Bertz CT molecular complexity index is 699.